The number of anilines is 1. The summed E-state index contributed by atoms with van der Waals surface area (Å²) in [6, 6.07) is 3.76. The highest BCUT2D eigenvalue weighted by molar-refractivity contribution is 7.89. The number of benzene rings is 1. The number of rotatable bonds is 6. The number of sulfonamides is 1. The van der Waals surface area contributed by atoms with Crippen molar-refractivity contribution in [3.63, 3.8) is 0 Å². The third-order valence-electron chi connectivity index (χ3n) is 2.77. The van der Waals surface area contributed by atoms with Gasteiger partial charge in [-0.25, -0.2) is 17.9 Å². The summed E-state index contributed by atoms with van der Waals surface area (Å²) in [6.45, 7) is 3.61. The maximum Gasteiger partial charge on any atom is 0.337 e. The van der Waals surface area contributed by atoms with Gasteiger partial charge in [-0.15, -0.1) is 0 Å². The predicted molar refractivity (Wildman–Crippen MR) is 73.0 cm³/mol. The Morgan fingerprint density at radius 1 is 1.42 bits per heavy atom. The van der Waals surface area contributed by atoms with Crippen molar-refractivity contribution in [1.29, 1.82) is 0 Å². The van der Waals surface area contributed by atoms with Gasteiger partial charge >= 0.3 is 5.97 Å². The van der Waals surface area contributed by atoms with Crippen molar-refractivity contribution in [3.05, 3.63) is 23.8 Å². The molecule has 0 spiro atoms. The van der Waals surface area contributed by atoms with Gasteiger partial charge in [0.1, 0.15) is 0 Å². The molecule has 3 N–H and O–H groups in total. The molecule has 1 atom stereocenters. The third-order valence-corrected chi connectivity index (χ3v) is 4.36. The van der Waals surface area contributed by atoms with Crippen LogP contribution in [0.4, 0.5) is 5.69 Å². The number of aromatic carboxylic acids is 1. The van der Waals surface area contributed by atoms with E-state index in [1.54, 1.807) is 14.0 Å². The lowest BCUT2D eigenvalue weighted by atomic mass is 10.2. The lowest BCUT2D eigenvalue weighted by Crippen LogP contribution is -2.32. The van der Waals surface area contributed by atoms with E-state index in [9.17, 15) is 13.2 Å². The van der Waals surface area contributed by atoms with E-state index >= 15 is 0 Å². The molecular weight excluding hydrogens is 268 g/mol. The van der Waals surface area contributed by atoms with Gasteiger partial charge in [0.05, 0.1) is 10.5 Å². The summed E-state index contributed by atoms with van der Waals surface area (Å²) in [5.74, 6) is -1.18. The van der Waals surface area contributed by atoms with Gasteiger partial charge in [-0.1, -0.05) is 6.92 Å². The Bertz CT molecular complexity index is 569. The first kappa shape index (κ1) is 15.5. The van der Waals surface area contributed by atoms with E-state index in [-0.39, 0.29) is 16.5 Å². The fraction of sp³-hybridized carbons (Fsp3) is 0.417. The zero-order chi connectivity index (χ0) is 14.6. The Kier molecular flexibility index (Phi) is 4.90. The van der Waals surface area contributed by atoms with Crippen LogP contribution in [0.25, 0.3) is 0 Å². The van der Waals surface area contributed by atoms with Crippen molar-refractivity contribution in [3.8, 4) is 0 Å². The number of nitrogens with one attached hydrogen (secondary N) is 2. The molecular formula is C12H18N2O4S. The topological polar surface area (TPSA) is 95.5 Å². The molecule has 0 aliphatic carbocycles. The smallest absolute Gasteiger partial charge is 0.337 e. The quantitative estimate of drug-likeness (QED) is 0.736. The molecule has 1 unspecified atom stereocenters. The lowest BCUT2D eigenvalue weighted by molar-refractivity contribution is 0.0697. The highest BCUT2D eigenvalue weighted by atomic mass is 32.2. The number of hydrogen-bond acceptors (Lipinski definition) is 4. The summed E-state index contributed by atoms with van der Waals surface area (Å²) in [5.41, 5.74) is 0.296. The van der Waals surface area contributed by atoms with Crippen LogP contribution in [0.5, 0.6) is 0 Å². The van der Waals surface area contributed by atoms with Gasteiger partial charge in [-0.3, -0.25) is 0 Å². The standard InChI is InChI=1S/C12H18N2O4S/c1-4-8(2)14-19(17,18)9-5-6-11(13-3)10(7-9)12(15)16/h5-8,13-14H,4H2,1-3H3,(H,15,16). The summed E-state index contributed by atoms with van der Waals surface area (Å²) in [6.07, 6.45) is 0.652. The molecule has 0 aliphatic rings. The molecule has 0 bridgehead atoms. The molecule has 0 saturated carbocycles. The Balaban J connectivity index is 3.22. The molecule has 0 heterocycles. The summed E-state index contributed by atoms with van der Waals surface area (Å²) in [4.78, 5) is 11.0. The Morgan fingerprint density at radius 3 is 2.53 bits per heavy atom. The molecule has 1 rings (SSSR count). The fourth-order valence-corrected chi connectivity index (χ4v) is 2.85. The molecule has 106 valence electrons. The fourth-order valence-electron chi connectivity index (χ4n) is 1.50. The van der Waals surface area contributed by atoms with Crippen molar-refractivity contribution < 1.29 is 18.3 Å². The third kappa shape index (κ3) is 3.68. The van der Waals surface area contributed by atoms with Crippen molar-refractivity contribution in [2.45, 2.75) is 31.2 Å². The lowest BCUT2D eigenvalue weighted by Gasteiger charge is -2.13. The minimum atomic E-state index is -3.69. The summed E-state index contributed by atoms with van der Waals surface area (Å²) in [7, 11) is -2.12. The van der Waals surface area contributed by atoms with Gasteiger partial charge in [0.2, 0.25) is 10.0 Å². The van der Waals surface area contributed by atoms with Crippen LogP contribution in [0, 0.1) is 0 Å². The molecule has 0 aliphatic heterocycles. The maximum atomic E-state index is 12.1. The number of carboxylic acids is 1. The van der Waals surface area contributed by atoms with Gasteiger partial charge < -0.3 is 10.4 Å². The molecule has 1 aromatic rings. The number of carboxylic acid groups (broad SMARTS) is 1. The first-order chi connectivity index (χ1) is 8.81. The second-order valence-electron chi connectivity index (χ2n) is 4.19. The zero-order valence-electron chi connectivity index (χ0n) is 11.1. The predicted octanol–water partition coefficient (Wildman–Crippen LogP) is 1.50. The van der Waals surface area contributed by atoms with Crippen LogP contribution in [0.1, 0.15) is 30.6 Å². The summed E-state index contributed by atoms with van der Waals surface area (Å²) in [5, 5.41) is 11.8. The maximum absolute atomic E-state index is 12.1. The van der Waals surface area contributed by atoms with Gasteiger partial charge in [0.15, 0.2) is 0 Å². The second-order valence-corrected chi connectivity index (χ2v) is 5.91. The van der Waals surface area contributed by atoms with Crippen LogP contribution in [0.15, 0.2) is 23.1 Å². The van der Waals surface area contributed by atoms with Crippen LogP contribution in [0.2, 0.25) is 0 Å². The molecule has 1 aromatic carbocycles. The average molecular weight is 286 g/mol. The molecule has 0 saturated heterocycles. The van der Waals surface area contributed by atoms with E-state index < -0.39 is 16.0 Å². The normalized spacial score (nSPS) is 13.0. The number of carbonyl (C=O) groups is 1. The van der Waals surface area contributed by atoms with E-state index in [0.717, 1.165) is 6.07 Å². The highest BCUT2D eigenvalue weighted by Crippen LogP contribution is 2.20. The minimum Gasteiger partial charge on any atom is -0.478 e. The van der Waals surface area contributed by atoms with E-state index in [2.05, 4.69) is 10.0 Å². The van der Waals surface area contributed by atoms with Crippen LogP contribution >= 0.6 is 0 Å². The molecule has 7 heteroatoms. The monoisotopic (exact) mass is 286 g/mol. The Labute approximate surface area is 112 Å². The summed E-state index contributed by atoms with van der Waals surface area (Å²) < 4.78 is 26.6. The van der Waals surface area contributed by atoms with Gasteiger partial charge in [-0.2, -0.15) is 0 Å². The molecule has 0 radical (unpaired) electrons. The summed E-state index contributed by atoms with van der Waals surface area (Å²) >= 11 is 0. The van der Waals surface area contributed by atoms with E-state index in [0.29, 0.717) is 12.1 Å². The van der Waals surface area contributed by atoms with Crippen LogP contribution in [0.3, 0.4) is 0 Å². The molecule has 0 amide bonds. The number of hydrogen-bond donors (Lipinski definition) is 3. The Hall–Kier alpha value is -1.60. The van der Waals surface area contributed by atoms with Gasteiger partial charge in [-0.05, 0) is 31.5 Å². The van der Waals surface area contributed by atoms with Crippen molar-refractivity contribution in [2.75, 3.05) is 12.4 Å². The van der Waals surface area contributed by atoms with Crippen molar-refractivity contribution >= 4 is 21.7 Å². The van der Waals surface area contributed by atoms with Gasteiger partial charge in [0, 0.05) is 18.8 Å². The van der Waals surface area contributed by atoms with Crippen LogP contribution in [-0.2, 0) is 10.0 Å². The second kappa shape index (κ2) is 6.03. The van der Waals surface area contributed by atoms with Crippen LogP contribution in [-0.4, -0.2) is 32.6 Å². The molecule has 0 aromatic heterocycles. The molecule has 19 heavy (non-hydrogen) atoms. The molecule has 0 fully saturated rings. The largest absolute Gasteiger partial charge is 0.478 e. The van der Waals surface area contributed by atoms with Crippen LogP contribution < -0.4 is 10.0 Å². The van der Waals surface area contributed by atoms with Gasteiger partial charge in [0.25, 0.3) is 0 Å². The molecule has 6 nitrogen and oxygen atoms in total. The SMILES string of the molecule is CCC(C)NS(=O)(=O)c1ccc(NC)c(C(=O)O)c1. The first-order valence-electron chi connectivity index (χ1n) is 5.89. The van der Waals surface area contributed by atoms with E-state index in [4.69, 9.17) is 5.11 Å². The average Bonchev–Trinajstić information content (AvgIpc) is 2.37. The van der Waals surface area contributed by atoms with E-state index in [1.807, 2.05) is 6.92 Å². The Morgan fingerprint density at radius 2 is 2.05 bits per heavy atom. The zero-order valence-corrected chi connectivity index (χ0v) is 11.9. The first-order valence-corrected chi connectivity index (χ1v) is 7.37. The van der Waals surface area contributed by atoms with Crippen molar-refractivity contribution in [1.82, 2.24) is 4.72 Å². The highest BCUT2D eigenvalue weighted by Gasteiger charge is 2.19. The minimum absolute atomic E-state index is 0.0517. The van der Waals surface area contributed by atoms with Crippen molar-refractivity contribution in [2.24, 2.45) is 0 Å². The van der Waals surface area contributed by atoms with E-state index in [1.165, 1.54) is 12.1 Å².